The molecule has 0 aliphatic carbocycles. The molecule has 1 heterocycles. The van der Waals surface area contributed by atoms with Gasteiger partial charge in [0, 0.05) is 24.9 Å². The zero-order chi connectivity index (χ0) is 18.7. The lowest BCUT2D eigenvalue weighted by Gasteiger charge is -2.21. The fourth-order valence-corrected chi connectivity index (χ4v) is 3.75. The molecule has 1 aliphatic heterocycles. The second kappa shape index (κ2) is 7.73. The Morgan fingerprint density at radius 3 is 2.35 bits per heavy atom. The van der Waals surface area contributed by atoms with Crippen LogP contribution in [-0.4, -0.2) is 35.0 Å². The molecule has 26 heavy (non-hydrogen) atoms. The molecule has 2 aromatic rings. The van der Waals surface area contributed by atoms with E-state index < -0.39 is 11.9 Å². The molecule has 3 atom stereocenters. The van der Waals surface area contributed by atoms with Crippen molar-refractivity contribution in [1.29, 1.82) is 0 Å². The van der Waals surface area contributed by atoms with Gasteiger partial charge in [0.15, 0.2) is 0 Å². The number of likely N-dealkylation sites (tertiary alicyclic amines) is 1. The van der Waals surface area contributed by atoms with Gasteiger partial charge in [0.1, 0.15) is 0 Å². The molecule has 4 heteroatoms. The number of hydrogen-bond donors (Lipinski definition) is 1. The maximum absolute atomic E-state index is 12.9. The molecule has 0 spiro atoms. The van der Waals surface area contributed by atoms with E-state index in [0.717, 1.165) is 11.1 Å². The summed E-state index contributed by atoms with van der Waals surface area (Å²) < 4.78 is 0. The summed E-state index contributed by atoms with van der Waals surface area (Å²) in [4.78, 5) is 26.3. The largest absolute Gasteiger partial charge is 0.481 e. The Labute approximate surface area is 154 Å². The number of hydrogen-bond acceptors (Lipinski definition) is 2. The Hall–Kier alpha value is -2.62. The Morgan fingerprint density at radius 2 is 1.73 bits per heavy atom. The summed E-state index contributed by atoms with van der Waals surface area (Å²) in [7, 11) is 0. The first kappa shape index (κ1) is 18.2. The molecule has 1 unspecified atom stereocenters. The fourth-order valence-electron chi connectivity index (χ4n) is 3.75. The topological polar surface area (TPSA) is 57.6 Å². The van der Waals surface area contributed by atoms with Crippen molar-refractivity contribution in [2.45, 2.75) is 26.2 Å². The summed E-state index contributed by atoms with van der Waals surface area (Å²) in [5.41, 5.74) is 3.31. The minimum absolute atomic E-state index is 0.0373. The van der Waals surface area contributed by atoms with E-state index in [4.69, 9.17) is 0 Å². The number of carbonyl (C=O) groups is 2. The third kappa shape index (κ3) is 3.96. The summed E-state index contributed by atoms with van der Waals surface area (Å²) >= 11 is 0. The zero-order valence-electron chi connectivity index (χ0n) is 15.3. The Bertz CT molecular complexity index is 770. The van der Waals surface area contributed by atoms with Crippen LogP contribution in [0.5, 0.6) is 0 Å². The molecule has 1 N–H and O–H groups in total. The normalized spacial score (nSPS) is 20.8. The first-order chi connectivity index (χ1) is 12.5. The van der Waals surface area contributed by atoms with Crippen LogP contribution in [0.3, 0.4) is 0 Å². The monoisotopic (exact) mass is 351 g/mol. The van der Waals surface area contributed by atoms with Gasteiger partial charge in [0.25, 0.3) is 0 Å². The summed E-state index contributed by atoms with van der Waals surface area (Å²) in [6.07, 6.45) is 0.670. The molecule has 1 aliphatic rings. The van der Waals surface area contributed by atoms with Gasteiger partial charge in [-0.25, -0.2) is 0 Å². The number of nitrogens with zero attached hydrogens (tertiary/aromatic N) is 1. The van der Waals surface area contributed by atoms with Crippen LogP contribution in [0.1, 0.15) is 29.5 Å². The van der Waals surface area contributed by atoms with Crippen LogP contribution in [0.2, 0.25) is 0 Å². The van der Waals surface area contributed by atoms with E-state index in [1.165, 1.54) is 5.56 Å². The van der Waals surface area contributed by atoms with E-state index in [2.05, 4.69) is 12.1 Å². The number of carboxylic acid groups (broad SMARTS) is 1. The molecular weight excluding hydrogens is 326 g/mol. The number of amides is 1. The number of aliphatic carboxylic acids is 1. The first-order valence-electron chi connectivity index (χ1n) is 9.07. The Kier molecular flexibility index (Phi) is 5.40. The van der Waals surface area contributed by atoms with Crippen LogP contribution in [0.4, 0.5) is 0 Å². The van der Waals surface area contributed by atoms with Gasteiger partial charge in [-0.15, -0.1) is 0 Å². The van der Waals surface area contributed by atoms with Gasteiger partial charge in [-0.05, 0) is 24.5 Å². The highest BCUT2D eigenvalue weighted by atomic mass is 16.4. The van der Waals surface area contributed by atoms with Gasteiger partial charge in [0.05, 0.1) is 5.92 Å². The predicted molar refractivity (Wildman–Crippen MR) is 101 cm³/mol. The maximum atomic E-state index is 12.9. The SMILES string of the molecule is Cc1ccc(CC(C)C(=O)N2C[C@H](C(=O)O)[C@H](c3ccccc3)C2)cc1. The van der Waals surface area contributed by atoms with Gasteiger partial charge >= 0.3 is 5.97 Å². The lowest BCUT2D eigenvalue weighted by atomic mass is 9.89. The van der Waals surface area contributed by atoms with Crippen molar-refractivity contribution >= 4 is 11.9 Å². The molecule has 0 saturated carbocycles. The smallest absolute Gasteiger partial charge is 0.308 e. The number of rotatable bonds is 5. The lowest BCUT2D eigenvalue weighted by molar-refractivity contribution is -0.142. The molecule has 0 aromatic heterocycles. The highest BCUT2D eigenvalue weighted by Crippen LogP contribution is 2.33. The third-order valence-electron chi connectivity index (χ3n) is 5.26. The van der Waals surface area contributed by atoms with E-state index in [0.29, 0.717) is 13.0 Å². The highest BCUT2D eigenvalue weighted by Gasteiger charge is 2.41. The van der Waals surface area contributed by atoms with E-state index in [-0.39, 0.29) is 24.3 Å². The van der Waals surface area contributed by atoms with Gasteiger partial charge in [0.2, 0.25) is 5.91 Å². The van der Waals surface area contributed by atoms with Crippen LogP contribution >= 0.6 is 0 Å². The van der Waals surface area contributed by atoms with Gasteiger partial charge in [-0.1, -0.05) is 67.1 Å². The predicted octanol–water partition coefficient (Wildman–Crippen LogP) is 3.50. The first-order valence-corrected chi connectivity index (χ1v) is 9.07. The van der Waals surface area contributed by atoms with Gasteiger partial charge in [-0.3, -0.25) is 9.59 Å². The number of carboxylic acids is 1. The Morgan fingerprint density at radius 1 is 1.08 bits per heavy atom. The highest BCUT2D eigenvalue weighted by molar-refractivity contribution is 5.81. The zero-order valence-corrected chi connectivity index (χ0v) is 15.3. The number of carbonyl (C=O) groups excluding carboxylic acids is 1. The minimum atomic E-state index is -0.833. The van der Waals surface area contributed by atoms with Crippen LogP contribution in [-0.2, 0) is 16.0 Å². The maximum Gasteiger partial charge on any atom is 0.308 e. The summed E-state index contributed by atoms with van der Waals surface area (Å²) in [6, 6.07) is 17.8. The van der Waals surface area contributed by atoms with E-state index in [9.17, 15) is 14.7 Å². The average Bonchev–Trinajstić information content (AvgIpc) is 3.09. The number of aryl methyl sites for hydroxylation is 1. The van der Waals surface area contributed by atoms with E-state index in [1.807, 2.05) is 56.3 Å². The lowest BCUT2D eigenvalue weighted by Crippen LogP contribution is -2.35. The number of benzene rings is 2. The van der Waals surface area contributed by atoms with Crippen LogP contribution < -0.4 is 0 Å². The van der Waals surface area contributed by atoms with Crippen molar-refractivity contribution in [3.05, 3.63) is 71.3 Å². The molecule has 0 radical (unpaired) electrons. The van der Waals surface area contributed by atoms with Crippen molar-refractivity contribution in [1.82, 2.24) is 4.90 Å². The summed E-state index contributed by atoms with van der Waals surface area (Å²) in [5, 5.41) is 9.61. The Balaban J connectivity index is 1.71. The second-order valence-corrected chi connectivity index (χ2v) is 7.30. The average molecular weight is 351 g/mol. The summed E-state index contributed by atoms with van der Waals surface area (Å²) in [6.45, 7) is 4.72. The molecule has 2 aromatic carbocycles. The van der Waals surface area contributed by atoms with E-state index in [1.54, 1.807) is 4.90 Å². The fraction of sp³-hybridized carbons (Fsp3) is 0.364. The van der Waals surface area contributed by atoms with Crippen molar-refractivity contribution in [3.8, 4) is 0 Å². The second-order valence-electron chi connectivity index (χ2n) is 7.30. The third-order valence-corrected chi connectivity index (χ3v) is 5.26. The molecule has 136 valence electrons. The van der Waals surface area contributed by atoms with Crippen molar-refractivity contribution in [2.75, 3.05) is 13.1 Å². The molecule has 4 nitrogen and oxygen atoms in total. The summed E-state index contributed by atoms with van der Waals surface area (Å²) in [5.74, 6) is -1.66. The molecule has 0 bridgehead atoms. The minimum Gasteiger partial charge on any atom is -0.481 e. The van der Waals surface area contributed by atoms with Crippen LogP contribution in [0.15, 0.2) is 54.6 Å². The van der Waals surface area contributed by atoms with Gasteiger partial charge in [-0.2, -0.15) is 0 Å². The van der Waals surface area contributed by atoms with Crippen LogP contribution in [0, 0.1) is 18.8 Å². The molecule has 3 rings (SSSR count). The quantitative estimate of drug-likeness (QED) is 0.897. The van der Waals surface area contributed by atoms with Crippen molar-refractivity contribution < 1.29 is 14.7 Å². The van der Waals surface area contributed by atoms with E-state index >= 15 is 0 Å². The molecule has 1 amide bonds. The van der Waals surface area contributed by atoms with Crippen LogP contribution in [0.25, 0.3) is 0 Å². The van der Waals surface area contributed by atoms with Gasteiger partial charge < -0.3 is 10.0 Å². The molecule has 1 fully saturated rings. The molecular formula is C22H25NO3. The molecule has 1 saturated heterocycles. The standard InChI is InChI=1S/C22H25NO3/c1-15-8-10-17(11-9-15)12-16(2)21(24)23-13-19(20(14-23)22(25)26)18-6-4-3-5-7-18/h3-11,16,19-20H,12-14H2,1-2H3,(H,25,26)/t16?,19-,20-/m0/s1. The van der Waals surface area contributed by atoms with Crippen molar-refractivity contribution in [3.63, 3.8) is 0 Å². The van der Waals surface area contributed by atoms with Crippen molar-refractivity contribution in [2.24, 2.45) is 11.8 Å².